The van der Waals surface area contributed by atoms with Crippen molar-refractivity contribution in [2.75, 3.05) is 20.1 Å². The Morgan fingerprint density at radius 1 is 1.50 bits per heavy atom. The van der Waals surface area contributed by atoms with Gasteiger partial charge in [-0.15, -0.1) is 0 Å². The fourth-order valence-corrected chi connectivity index (χ4v) is 3.54. The molecule has 9 heteroatoms. The van der Waals surface area contributed by atoms with E-state index < -0.39 is 31.3 Å². The molecule has 1 aliphatic rings. The first-order chi connectivity index (χ1) is 9.34. The van der Waals surface area contributed by atoms with Crippen LogP contribution in [0, 0.1) is 15.9 Å². The number of benzene rings is 1. The van der Waals surface area contributed by atoms with Crippen molar-refractivity contribution < 1.29 is 17.7 Å². The zero-order chi connectivity index (χ0) is 14.9. The number of rotatable bonds is 4. The fraction of sp³-hybridized carbons (Fsp3) is 0.455. The molecular weight excluding hydrogens is 289 g/mol. The normalized spacial score (nSPS) is 19.4. The number of hydrogen-bond donors (Lipinski definition) is 1. The van der Waals surface area contributed by atoms with Gasteiger partial charge in [0.2, 0.25) is 10.0 Å². The molecular formula is C11H14FN3O4S. The van der Waals surface area contributed by atoms with E-state index in [2.05, 4.69) is 5.32 Å². The molecule has 1 aliphatic heterocycles. The van der Waals surface area contributed by atoms with Gasteiger partial charge in [0.25, 0.3) is 5.69 Å². The smallest absolute Gasteiger partial charge is 0.272 e. The minimum Gasteiger partial charge on any atom is -0.315 e. The molecule has 0 saturated carbocycles. The summed E-state index contributed by atoms with van der Waals surface area (Å²) in [5.74, 6) is -1.11. The lowest BCUT2D eigenvalue weighted by atomic mass is 10.3. The molecule has 0 spiro atoms. The summed E-state index contributed by atoms with van der Waals surface area (Å²) in [4.78, 5) is 9.21. The van der Waals surface area contributed by atoms with E-state index in [0.29, 0.717) is 25.6 Å². The van der Waals surface area contributed by atoms with E-state index in [1.165, 1.54) is 7.05 Å². The van der Waals surface area contributed by atoms with Gasteiger partial charge in [-0.05, 0) is 19.0 Å². The molecule has 20 heavy (non-hydrogen) atoms. The standard InChI is InChI=1S/C11H14FN3O4S/c1-14(9-4-5-13-7-9)20(18,19)11-3-2-8(15(16)17)6-10(11)12/h2-3,6,9,13H,4-5,7H2,1H3. The van der Waals surface area contributed by atoms with Gasteiger partial charge >= 0.3 is 0 Å². The highest BCUT2D eigenvalue weighted by atomic mass is 32.2. The van der Waals surface area contributed by atoms with Gasteiger partial charge in [0.1, 0.15) is 10.7 Å². The van der Waals surface area contributed by atoms with E-state index in [-0.39, 0.29) is 6.04 Å². The predicted octanol–water partition coefficient (Wildman–Crippen LogP) is 0.716. The Morgan fingerprint density at radius 3 is 2.70 bits per heavy atom. The van der Waals surface area contributed by atoms with Crippen LogP contribution < -0.4 is 5.32 Å². The summed E-state index contributed by atoms with van der Waals surface area (Å²) in [5, 5.41) is 13.6. The van der Waals surface area contributed by atoms with Crippen molar-refractivity contribution in [1.29, 1.82) is 0 Å². The van der Waals surface area contributed by atoms with Crippen molar-refractivity contribution in [1.82, 2.24) is 9.62 Å². The molecule has 0 amide bonds. The fourth-order valence-electron chi connectivity index (χ4n) is 2.11. The predicted molar refractivity (Wildman–Crippen MR) is 69.3 cm³/mol. The van der Waals surface area contributed by atoms with Crippen molar-refractivity contribution in [3.63, 3.8) is 0 Å². The van der Waals surface area contributed by atoms with Crippen molar-refractivity contribution in [3.05, 3.63) is 34.1 Å². The molecule has 1 heterocycles. The van der Waals surface area contributed by atoms with Crippen LogP contribution in [0.15, 0.2) is 23.1 Å². The Kier molecular flexibility index (Phi) is 4.02. The first-order valence-electron chi connectivity index (χ1n) is 5.96. The maximum Gasteiger partial charge on any atom is 0.272 e. The number of nitro benzene ring substituents is 1. The number of halogens is 1. The summed E-state index contributed by atoms with van der Waals surface area (Å²) in [5.41, 5.74) is -0.480. The molecule has 7 nitrogen and oxygen atoms in total. The third-order valence-corrected chi connectivity index (χ3v) is 5.28. The number of nitro groups is 1. The van der Waals surface area contributed by atoms with E-state index in [0.717, 1.165) is 16.4 Å². The summed E-state index contributed by atoms with van der Waals surface area (Å²) < 4.78 is 39.6. The molecule has 0 radical (unpaired) electrons. The van der Waals surface area contributed by atoms with Gasteiger partial charge in [0.15, 0.2) is 0 Å². The Hall–Kier alpha value is -1.58. The van der Waals surface area contributed by atoms with Crippen LogP contribution in [0.3, 0.4) is 0 Å². The van der Waals surface area contributed by atoms with Gasteiger partial charge < -0.3 is 5.32 Å². The first-order valence-corrected chi connectivity index (χ1v) is 7.40. The molecule has 1 fully saturated rings. The van der Waals surface area contributed by atoms with Gasteiger partial charge in [-0.1, -0.05) is 0 Å². The third-order valence-electron chi connectivity index (χ3n) is 3.33. The van der Waals surface area contributed by atoms with Crippen LogP contribution in [0.25, 0.3) is 0 Å². The Morgan fingerprint density at radius 2 is 2.20 bits per heavy atom. The summed E-state index contributed by atoms with van der Waals surface area (Å²) in [6.07, 6.45) is 0.643. The second kappa shape index (κ2) is 5.43. The number of non-ortho nitro benzene ring substituents is 1. The Balaban J connectivity index is 2.36. The molecule has 1 unspecified atom stereocenters. The summed E-state index contributed by atoms with van der Waals surface area (Å²) >= 11 is 0. The van der Waals surface area contributed by atoms with E-state index >= 15 is 0 Å². The summed E-state index contributed by atoms with van der Waals surface area (Å²) in [6, 6.07) is 2.29. The average molecular weight is 303 g/mol. The van der Waals surface area contributed by atoms with E-state index in [9.17, 15) is 22.9 Å². The van der Waals surface area contributed by atoms with Crippen LogP contribution in [0.5, 0.6) is 0 Å². The van der Waals surface area contributed by atoms with Gasteiger partial charge in [0, 0.05) is 25.7 Å². The first kappa shape index (κ1) is 14.8. The molecule has 0 aliphatic carbocycles. The highest BCUT2D eigenvalue weighted by Gasteiger charge is 2.32. The van der Waals surface area contributed by atoms with E-state index in [1.54, 1.807) is 0 Å². The minimum absolute atomic E-state index is 0.241. The van der Waals surface area contributed by atoms with Crippen LogP contribution in [-0.2, 0) is 10.0 Å². The molecule has 1 saturated heterocycles. The van der Waals surface area contributed by atoms with Gasteiger partial charge in [-0.2, -0.15) is 4.31 Å². The highest BCUT2D eigenvalue weighted by Crippen LogP contribution is 2.24. The van der Waals surface area contributed by atoms with E-state index in [1.807, 2.05) is 0 Å². The van der Waals surface area contributed by atoms with Gasteiger partial charge in [0.05, 0.1) is 11.0 Å². The van der Waals surface area contributed by atoms with Crippen molar-refractivity contribution >= 4 is 15.7 Å². The molecule has 0 aromatic heterocycles. The molecule has 1 atom stereocenters. The molecule has 1 aromatic rings. The second-order valence-corrected chi connectivity index (χ2v) is 6.51. The van der Waals surface area contributed by atoms with Crippen LogP contribution in [0.2, 0.25) is 0 Å². The van der Waals surface area contributed by atoms with Crippen LogP contribution >= 0.6 is 0 Å². The van der Waals surface area contributed by atoms with Crippen molar-refractivity contribution in [2.24, 2.45) is 0 Å². The van der Waals surface area contributed by atoms with Gasteiger partial charge in [-0.25, -0.2) is 12.8 Å². The average Bonchev–Trinajstić information content (AvgIpc) is 2.90. The van der Waals surface area contributed by atoms with Crippen LogP contribution in [-0.4, -0.2) is 43.8 Å². The quantitative estimate of drug-likeness (QED) is 0.653. The Labute approximate surface area is 115 Å². The lowest BCUT2D eigenvalue weighted by Gasteiger charge is -2.23. The summed E-state index contributed by atoms with van der Waals surface area (Å²) in [6.45, 7) is 1.21. The number of nitrogens with one attached hydrogen (secondary N) is 1. The monoisotopic (exact) mass is 303 g/mol. The molecule has 1 N–H and O–H groups in total. The number of hydrogen-bond acceptors (Lipinski definition) is 5. The number of nitrogens with zero attached hydrogens (tertiary/aromatic N) is 2. The maximum absolute atomic E-state index is 13.8. The highest BCUT2D eigenvalue weighted by molar-refractivity contribution is 7.89. The van der Waals surface area contributed by atoms with E-state index in [4.69, 9.17) is 0 Å². The zero-order valence-corrected chi connectivity index (χ0v) is 11.6. The van der Waals surface area contributed by atoms with Crippen LogP contribution in [0.1, 0.15) is 6.42 Å². The minimum atomic E-state index is -4.00. The number of sulfonamides is 1. The molecule has 0 bridgehead atoms. The molecule has 2 rings (SSSR count). The lowest BCUT2D eigenvalue weighted by Crippen LogP contribution is -2.38. The Bertz CT molecular complexity index is 629. The molecule has 1 aromatic carbocycles. The SMILES string of the molecule is CN(C1CCNC1)S(=O)(=O)c1ccc([N+](=O)[O-])cc1F. The molecule has 110 valence electrons. The van der Waals surface area contributed by atoms with Crippen molar-refractivity contribution in [2.45, 2.75) is 17.4 Å². The summed E-state index contributed by atoms with van der Waals surface area (Å²) in [7, 11) is -2.62. The topological polar surface area (TPSA) is 92.6 Å². The largest absolute Gasteiger partial charge is 0.315 e. The second-order valence-electron chi connectivity index (χ2n) is 4.54. The maximum atomic E-state index is 13.8. The number of likely N-dealkylation sites (N-methyl/N-ethyl adjacent to an activating group) is 1. The zero-order valence-electron chi connectivity index (χ0n) is 10.7. The third kappa shape index (κ3) is 2.65. The lowest BCUT2D eigenvalue weighted by molar-refractivity contribution is -0.385. The van der Waals surface area contributed by atoms with Gasteiger partial charge in [-0.3, -0.25) is 10.1 Å². The van der Waals surface area contributed by atoms with Crippen molar-refractivity contribution in [3.8, 4) is 0 Å². The van der Waals surface area contributed by atoms with Crippen LogP contribution in [0.4, 0.5) is 10.1 Å².